The quantitative estimate of drug-likeness (QED) is 0.427. The zero-order valence-corrected chi connectivity index (χ0v) is 17.2. The molecule has 4 amide bonds. The van der Waals surface area contributed by atoms with Crippen molar-refractivity contribution in [2.45, 2.75) is 19.5 Å². The van der Waals surface area contributed by atoms with Gasteiger partial charge in [0.15, 0.2) is 0 Å². The second-order valence-corrected chi connectivity index (χ2v) is 6.83. The molecule has 3 aromatic rings. The summed E-state index contributed by atoms with van der Waals surface area (Å²) in [5, 5.41) is 14.4. The fraction of sp³-hybridized carbons (Fsp3) is 0.190. The maximum absolute atomic E-state index is 12.9. The van der Waals surface area contributed by atoms with E-state index in [0.29, 0.717) is 11.4 Å². The first kappa shape index (κ1) is 22.4. The number of amides is 4. The van der Waals surface area contributed by atoms with Gasteiger partial charge in [0.05, 0.1) is 6.54 Å². The number of halogens is 1. The van der Waals surface area contributed by atoms with E-state index in [1.807, 2.05) is 0 Å². The molecule has 0 radical (unpaired) electrons. The monoisotopic (exact) mass is 439 g/mol. The molecular weight excluding hydrogens is 417 g/mol. The minimum atomic E-state index is -0.530. The average molecular weight is 439 g/mol. The van der Waals surface area contributed by atoms with E-state index in [9.17, 15) is 18.8 Å². The van der Waals surface area contributed by atoms with Gasteiger partial charge in [-0.05, 0) is 48.9 Å². The molecule has 10 nitrogen and oxygen atoms in total. The number of hydrogen-bond acceptors (Lipinski definition) is 5. The normalized spacial score (nSPS) is 11.3. The maximum atomic E-state index is 12.9. The summed E-state index contributed by atoms with van der Waals surface area (Å²) in [5.41, 5.74) is 1.79. The van der Waals surface area contributed by atoms with E-state index in [4.69, 9.17) is 0 Å². The summed E-state index contributed by atoms with van der Waals surface area (Å²) >= 11 is 0. The lowest BCUT2D eigenvalue weighted by Crippen LogP contribution is -2.39. The summed E-state index contributed by atoms with van der Waals surface area (Å²) in [6.45, 7) is 1.67. The lowest BCUT2D eigenvalue weighted by atomic mass is 10.2. The summed E-state index contributed by atoms with van der Waals surface area (Å²) in [4.78, 5) is 39.9. The number of rotatable bonds is 8. The summed E-state index contributed by atoms with van der Waals surface area (Å²) in [6.07, 6.45) is 2.81. The standard InChI is InChI=1S/C21H22FN7O3/c1-14(29-13-23-12-26-29)20(31)28-18-8-6-17(7-9-18)27-19(30)11-25-21(32)24-10-15-2-4-16(22)5-3-15/h2-9,12-14H,10-11H2,1H3,(H,27,30)(H,28,31)(H2,24,25,32). The van der Waals surface area contributed by atoms with Crippen LogP contribution in [0, 0.1) is 5.82 Å². The van der Waals surface area contributed by atoms with Gasteiger partial charge in [-0.3, -0.25) is 9.59 Å². The molecule has 0 aliphatic carbocycles. The number of carbonyl (C=O) groups is 3. The molecule has 1 heterocycles. The molecule has 3 rings (SSSR count). The average Bonchev–Trinajstić information content (AvgIpc) is 3.33. The molecule has 4 N–H and O–H groups in total. The molecular formula is C21H22FN7O3. The minimum absolute atomic E-state index is 0.205. The largest absolute Gasteiger partial charge is 0.334 e. The fourth-order valence-corrected chi connectivity index (χ4v) is 2.63. The maximum Gasteiger partial charge on any atom is 0.315 e. The van der Waals surface area contributed by atoms with Gasteiger partial charge in [0.1, 0.15) is 24.5 Å². The summed E-state index contributed by atoms with van der Waals surface area (Å²) in [5.74, 6) is -1.03. The van der Waals surface area contributed by atoms with Crippen LogP contribution >= 0.6 is 0 Å². The molecule has 1 atom stereocenters. The molecule has 11 heteroatoms. The van der Waals surface area contributed by atoms with Crippen LogP contribution in [-0.4, -0.2) is 39.2 Å². The Kier molecular flexibility index (Phi) is 7.46. The van der Waals surface area contributed by atoms with Crippen LogP contribution in [0.5, 0.6) is 0 Å². The van der Waals surface area contributed by atoms with E-state index in [0.717, 1.165) is 5.56 Å². The van der Waals surface area contributed by atoms with Crippen LogP contribution in [0.2, 0.25) is 0 Å². The first-order chi connectivity index (χ1) is 15.4. The van der Waals surface area contributed by atoms with Crippen LogP contribution in [0.1, 0.15) is 18.5 Å². The van der Waals surface area contributed by atoms with Crippen molar-refractivity contribution in [2.75, 3.05) is 17.2 Å². The lowest BCUT2D eigenvalue weighted by molar-refractivity contribution is -0.119. The third kappa shape index (κ3) is 6.62. The van der Waals surface area contributed by atoms with Gasteiger partial charge in [0, 0.05) is 17.9 Å². The molecule has 32 heavy (non-hydrogen) atoms. The first-order valence-electron chi connectivity index (χ1n) is 9.72. The third-order valence-electron chi connectivity index (χ3n) is 4.42. The highest BCUT2D eigenvalue weighted by Crippen LogP contribution is 2.15. The number of nitrogens with zero attached hydrogens (tertiary/aromatic N) is 3. The number of benzene rings is 2. The number of anilines is 2. The van der Waals surface area contributed by atoms with Gasteiger partial charge in [-0.2, -0.15) is 5.10 Å². The molecule has 1 aromatic heterocycles. The van der Waals surface area contributed by atoms with Crippen LogP contribution in [0.15, 0.2) is 61.2 Å². The fourth-order valence-electron chi connectivity index (χ4n) is 2.63. The number of hydrogen-bond donors (Lipinski definition) is 4. The smallest absolute Gasteiger partial charge is 0.315 e. The Balaban J connectivity index is 1.39. The topological polar surface area (TPSA) is 130 Å². The van der Waals surface area contributed by atoms with E-state index in [1.54, 1.807) is 43.3 Å². The lowest BCUT2D eigenvalue weighted by Gasteiger charge is -2.13. The molecule has 0 saturated carbocycles. The Hall–Kier alpha value is -4.28. The van der Waals surface area contributed by atoms with Gasteiger partial charge in [-0.1, -0.05) is 12.1 Å². The van der Waals surface area contributed by atoms with Crippen LogP contribution < -0.4 is 21.3 Å². The van der Waals surface area contributed by atoms with Crippen molar-refractivity contribution in [1.29, 1.82) is 0 Å². The number of carbonyl (C=O) groups excluding carboxylic acids is 3. The number of nitrogens with one attached hydrogen (secondary N) is 4. The Morgan fingerprint density at radius 2 is 1.62 bits per heavy atom. The predicted molar refractivity (Wildman–Crippen MR) is 115 cm³/mol. The number of urea groups is 1. The van der Waals surface area contributed by atoms with Crippen molar-refractivity contribution in [1.82, 2.24) is 25.4 Å². The molecule has 166 valence electrons. The van der Waals surface area contributed by atoms with E-state index in [1.165, 1.54) is 29.5 Å². The van der Waals surface area contributed by atoms with Crippen molar-refractivity contribution in [3.8, 4) is 0 Å². The Labute approximate surface area is 183 Å². The highest BCUT2D eigenvalue weighted by molar-refractivity contribution is 5.95. The second kappa shape index (κ2) is 10.7. The minimum Gasteiger partial charge on any atom is -0.334 e. The van der Waals surface area contributed by atoms with E-state index >= 15 is 0 Å². The van der Waals surface area contributed by atoms with E-state index in [2.05, 4.69) is 31.3 Å². The van der Waals surface area contributed by atoms with Crippen molar-refractivity contribution < 1.29 is 18.8 Å². The van der Waals surface area contributed by atoms with Crippen molar-refractivity contribution in [3.05, 3.63) is 72.6 Å². The Bertz CT molecular complexity index is 1050. The van der Waals surface area contributed by atoms with Crippen LogP contribution in [0.3, 0.4) is 0 Å². The highest BCUT2D eigenvalue weighted by atomic mass is 19.1. The molecule has 0 bridgehead atoms. The SMILES string of the molecule is CC(C(=O)Nc1ccc(NC(=O)CNC(=O)NCc2ccc(F)cc2)cc1)n1cncn1. The zero-order chi connectivity index (χ0) is 22.9. The second-order valence-electron chi connectivity index (χ2n) is 6.83. The van der Waals surface area contributed by atoms with Gasteiger partial charge in [-0.15, -0.1) is 0 Å². The van der Waals surface area contributed by atoms with Crippen molar-refractivity contribution in [3.63, 3.8) is 0 Å². The summed E-state index contributed by atoms with van der Waals surface area (Å²) in [6, 6.07) is 11.2. The van der Waals surface area contributed by atoms with Crippen LogP contribution in [0.25, 0.3) is 0 Å². The molecule has 0 fully saturated rings. The van der Waals surface area contributed by atoms with Gasteiger partial charge in [0.2, 0.25) is 11.8 Å². The van der Waals surface area contributed by atoms with Gasteiger partial charge < -0.3 is 21.3 Å². The number of aromatic nitrogens is 3. The summed E-state index contributed by atoms with van der Waals surface area (Å²) < 4.78 is 14.3. The zero-order valence-electron chi connectivity index (χ0n) is 17.2. The van der Waals surface area contributed by atoms with Crippen LogP contribution in [0.4, 0.5) is 20.6 Å². The third-order valence-corrected chi connectivity index (χ3v) is 4.42. The Morgan fingerprint density at radius 1 is 0.969 bits per heavy atom. The van der Waals surface area contributed by atoms with Gasteiger partial charge in [0.25, 0.3) is 0 Å². The van der Waals surface area contributed by atoms with Crippen LogP contribution in [-0.2, 0) is 16.1 Å². The van der Waals surface area contributed by atoms with Gasteiger partial charge in [-0.25, -0.2) is 18.9 Å². The first-order valence-corrected chi connectivity index (χ1v) is 9.72. The van der Waals surface area contributed by atoms with Crippen molar-refractivity contribution >= 4 is 29.2 Å². The van der Waals surface area contributed by atoms with E-state index in [-0.39, 0.29) is 24.8 Å². The van der Waals surface area contributed by atoms with E-state index < -0.39 is 18.0 Å². The molecule has 0 spiro atoms. The van der Waals surface area contributed by atoms with Crippen molar-refractivity contribution in [2.24, 2.45) is 0 Å². The molecule has 1 unspecified atom stereocenters. The highest BCUT2D eigenvalue weighted by Gasteiger charge is 2.15. The predicted octanol–water partition coefficient (Wildman–Crippen LogP) is 2.05. The summed E-state index contributed by atoms with van der Waals surface area (Å²) in [7, 11) is 0. The van der Waals surface area contributed by atoms with Gasteiger partial charge >= 0.3 is 6.03 Å². The molecule has 0 saturated heterocycles. The Morgan fingerprint density at radius 3 is 2.25 bits per heavy atom. The molecule has 0 aliphatic rings. The molecule has 0 aliphatic heterocycles. The molecule has 2 aromatic carbocycles.